The minimum Gasteiger partial charge on any atom is -0.493 e. The zero-order chi connectivity index (χ0) is 90.1. The molecule has 684 valence electrons. The average molecular weight is 1760 g/mol. The van der Waals surface area contributed by atoms with Crippen molar-refractivity contribution in [3.05, 3.63) is 300 Å². The van der Waals surface area contributed by atoms with E-state index < -0.39 is 153 Å². The lowest BCUT2D eigenvalue weighted by molar-refractivity contribution is -0.391. The van der Waals surface area contributed by atoms with Crippen molar-refractivity contribution in [3.63, 3.8) is 0 Å². The van der Waals surface area contributed by atoms with Gasteiger partial charge in [0.25, 0.3) is 0 Å². The van der Waals surface area contributed by atoms with Crippen LogP contribution in [0.2, 0.25) is 16.6 Å². The van der Waals surface area contributed by atoms with Gasteiger partial charge in [-0.2, -0.15) is 0 Å². The van der Waals surface area contributed by atoms with Crippen molar-refractivity contribution in [2.75, 3.05) is 26.4 Å². The Balaban J connectivity index is 1.03. The quantitative estimate of drug-likeness (QED) is 0.0197. The van der Waals surface area contributed by atoms with Crippen molar-refractivity contribution in [2.45, 2.75) is 284 Å². The topological polar surface area (TPSA) is 227 Å². The summed E-state index contributed by atoms with van der Waals surface area (Å²) in [7, 11) is -2.75. The first-order valence-electron chi connectivity index (χ1n) is 44.7. The molecular weight excluding hydrogens is 1630 g/mol. The van der Waals surface area contributed by atoms with Crippen molar-refractivity contribution in [3.8, 4) is 0 Å². The van der Waals surface area contributed by atoms with Gasteiger partial charge in [0, 0.05) is 0 Å². The van der Waals surface area contributed by atoms with Crippen LogP contribution in [-0.4, -0.2) is 163 Å². The maximum absolute atomic E-state index is 15.7. The third kappa shape index (κ3) is 27.5. The molecule has 12 rings (SSSR count). The summed E-state index contributed by atoms with van der Waals surface area (Å²) in [6.07, 6.45) is -20.0. The van der Waals surface area contributed by atoms with Crippen LogP contribution in [0.25, 0.3) is 0 Å². The van der Waals surface area contributed by atoms with Gasteiger partial charge in [-0.1, -0.05) is 284 Å². The molecule has 0 radical (unpaired) electrons. The normalized spacial score (nSPS) is 25.3. The third-order valence-electron chi connectivity index (χ3n) is 23.2. The molecule has 0 aliphatic carbocycles. The van der Waals surface area contributed by atoms with E-state index in [1.165, 1.54) is 0 Å². The summed E-state index contributed by atoms with van der Waals surface area (Å²) >= 11 is 0. The van der Waals surface area contributed by atoms with Crippen LogP contribution in [0.4, 0.5) is 0 Å². The number of esters is 3. The van der Waals surface area contributed by atoms with E-state index in [2.05, 4.69) is 41.5 Å². The maximum Gasteiger partial charge on any atom is 0.311 e. The number of hydrogen-bond donors (Lipinski definition) is 0. The fourth-order valence-electron chi connectivity index (χ4n) is 16.4. The van der Waals surface area contributed by atoms with Gasteiger partial charge in [0.15, 0.2) is 51.6 Å². The molecule has 4 aliphatic rings. The lowest BCUT2D eigenvalue weighted by atomic mass is 9.93. The van der Waals surface area contributed by atoms with Crippen LogP contribution in [0, 0.1) is 16.2 Å². The van der Waals surface area contributed by atoms with E-state index in [1.807, 2.05) is 243 Å². The van der Waals surface area contributed by atoms with E-state index in [1.54, 1.807) is 74.7 Å². The number of ether oxygens (including phenoxy) is 18. The second kappa shape index (κ2) is 46.7. The van der Waals surface area contributed by atoms with Crippen molar-refractivity contribution < 1.29 is 104 Å². The van der Waals surface area contributed by atoms with E-state index in [4.69, 9.17) is 89.7 Å². The standard InChI is InChI=1S/C104H132O22Si/c1-70(2)127(71(3)4,72(5)6)117-69-85-87(113-62-77-48-32-20-33-49-77)90(114-63-78-50-34-21-35-51-78)93(124-99(105)102(7,8)9)97(120-85)122-89-84(68-110-60-75-44-28-18-29-45-75)119-98(95(126-101(107)104(13,14)15)92(89)116-65-80-54-38-23-39-55-80)123-88-83(67-109-59-74-42-26-17-27-43-74)118-96(94(125-100(106)103(10,11)12)91(88)115-64-79-52-36-22-37-53-79)121-86-81(112-61-76-46-30-19-31-47-76)56-57-111-82(86)66-108-58-73-40-24-16-25-41-73/h16-57,70-72,81-98H,58-69H2,1-15H3/t81-,82-,83-,84-,85-,86+,87+,88-,89-,90+,91+,92+,93-,94-,95-,96+,97+,98+/m1/s1. The predicted molar refractivity (Wildman–Crippen MR) is 483 cm³/mol. The summed E-state index contributed by atoms with van der Waals surface area (Å²) in [6, 6.07) is 77.7. The highest BCUT2D eigenvalue weighted by atomic mass is 28.4. The molecule has 3 saturated heterocycles. The largest absolute Gasteiger partial charge is 0.493 e. The molecule has 0 unspecified atom stereocenters. The van der Waals surface area contributed by atoms with E-state index in [9.17, 15) is 0 Å². The number of carbonyl (C=O) groups is 3. The van der Waals surface area contributed by atoms with E-state index in [-0.39, 0.29) is 95.9 Å². The third-order valence-corrected chi connectivity index (χ3v) is 29.3. The Morgan fingerprint density at radius 2 is 0.535 bits per heavy atom. The summed E-state index contributed by atoms with van der Waals surface area (Å²) in [5.74, 6) is -1.91. The van der Waals surface area contributed by atoms with Crippen molar-refractivity contribution in [1.82, 2.24) is 0 Å². The molecule has 4 aliphatic heterocycles. The number of carbonyl (C=O) groups excluding carboxylic acids is 3. The highest BCUT2D eigenvalue weighted by Gasteiger charge is 2.61. The monoisotopic (exact) mass is 1760 g/mol. The highest BCUT2D eigenvalue weighted by Crippen LogP contribution is 2.46. The van der Waals surface area contributed by atoms with Gasteiger partial charge in [-0.3, -0.25) is 14.4 Å². The van der Waals surface area contributed by atoms with Crippen LogP contribution in [0.1, 0.15) is 148 Å². The molecule has 8 aromatic rings. The molecule has 127 heavy (non-hydrogen) atoms. The predicted octanol–water partition coefficient (Wildman–Crippen LogP) is 18.9. The molecule has 0 aromatic heterocycles. The Hall–Kier alpha value is -8.67. The molecule has 0 amide bonds. The lowest BCUT2D eigenvalue weighted by Crippen LogP contribution is -2.69. The molecule has 3 fully saturated rings. The van der Waals surface area contributed by atoms with E-state index in [0.29, 0.717) is 0 Å². The summed E-state index contributed by atoms with van der Waals surface area (Å²) in [4.78, 5) is 46.3. The summed E-state index contributed by atoms with van der Waals surface area (Å²) < 4.78 is 138. The van der Waals surface area contributed by atoms with Crippen LogP contribution in [-0.2, 0) is 157 Å². The molecular formula is C104H132O22Si. The second-order valence-corrected chi connectivity index (χ2v) is 42.7. The molecule has 23 heteroatoms. The minimum atomic E-state index is -2.75. The first-order chi connectivity index (χ1) is 61.1. The first-order valence-corrected chi connectivity index (χ1v) is 46.9. The fourth-order valence-corrected chi connectivity index (χ4v) is 21.9. The highest BCUT2D eigenvalue weighted by molar-refractivity contribution is 6.77. The molecule has 0 bridgehead atoms. The fraction of sp³-hybridized carbons (Fsp3) is 0.490. The van der Waals surface area contributed by atoms with Crippen LogP contribution >= 0.6 is 0 Å². The van der Waals surface area contributed by atoms with Crippen molar-refractivity contribution >= 4 is 26.2 Å². The van der Waals surface area contributed by atoms with Crippen molar-refractivity contribution in [2.24, 2.45) is 16.2 Å². The molecule has 0 spiro atoms. The second-order valence-electron chi connectivity index (χ2n) is 37.2. The first kappa shape index (κ1) is 97.4. The Morgan fingerprint density at radius 1 is 0.291 bits per heavy atom. The Labute approximate surface area is 752 Å². The molecule has 0 saturated carbocycles. The smallest absolute Gasteiger partial charge is 0.311 e. The van der Waals surface area contributed by atoms with E-state index in [0.717, 1.165) is 44.5 Å². The molecule has 8 aromatic carbocycles. The average Bonchev–Trinajstić information content (AvgIpc) is 0.752. The molecule has 0 N–H and O–H groups in total. The van der Waals surface area contributed by atoms with E-state index >= 15 is 14.4 Å². The van der Waals surface area contributed by atoms with Gasteiger partial charge in [0.05, 0.1) is 102 Å². The summed E-state index contributed by atoms with van der Waals surface area (Å²) in [6.45, 7) is 29.4. The van der Waals surface area contributed by atoms with Gasteiger partial charge < -0.3 is 89.7 Å². The minimum absolute atomic E-state index is 0.00860. The number of rotatable bonds is 42. The molecule has 18 atom stereocenters. The summed E-state index contributed by atoms with van der Waals surface area (Å²) in [5.41, 5.74) is 3.76. The van der Waals surface area contributed by atoms with Gasteiger partial charge in [-0.25, -0.2) is 0 Å². The Morgan fingerprint density at radius 3 is 0.819 bits per heavy atom. The zero-order valence-corrected chi connectivity index (χ0v) is 77.3. The van der Waals surface area contributed by atoms with Crippen LogP contribution < -0.4 is 0 Å². The van der Waals surface area contributed by atoms with Gasteiger partial charge in [-0.15, -0.1) is 0 Å². The Kier molecular flexibility index (Phi) is 35.8. The number of hydrogen-bond acceptors (Lipinski definition) is 22. The van der Waals surface area contributed by atoms with Gasteiger partial charge >= 0.3 is 17.9 Å². The zero-order valence-electron chi connectivity index (χ0n) is 76.3. The van der Waals surface area contributed by atoms with Crippen LogP contribution in [0.3, 0.4) is 0 Å². The molecule has 22 nitrogen and oxygen atoms in total. The van der Waals surface area contributed by atoms with Gasteiger partial charge in [0.2, 0.25) is 0 Å². The molecule has 4 heterocycles. The van der Waals surface area contributed by atoms with Crippen LogP contribution in [0.15, 0.2) is 255 Å². The van der Waals surface area contributed by atoms with Crippen molar-refractivity contribution in [1.29, 1.82) is 0 Å². The Bertz CT molecular complexity index is 4550. The SMILES string of the molecule is CC(C)[Si](OC[C@H]1O[C@@H](O[C@H]2[C@H](OCc3ccccc3)[C@@H](OC(=O)C(C)(C)C)[C@H](O[C@H]3[C@H](OCc4ccccc4)[C@@H](OC(=O)C(C)(C)C)[C@H](O[C@H]4[C@H](OCc5ccccc5)C=CO[C@@H]4COCc4ccccc4)O[C@@H]3COCc3ccccc3)O[C@@H]2COCc2ccccc2)[C@H](OC(=O)C(C)(C)C)[C@@H](OCc2ccccc2)[C@H]1OCc1ccccc1)(C(C)C)C(C)C. The van der Waals surface area contributed by atoms with Crippen LogP contribution in [0.5, 0.6) is 0 Å². The summed E-state index contributed by atoms with van der Waals surface area (Å²) in [5, 5.41) is 0. The van der Waals surface area contributed by atoms with Gasteiger partial charge in [-0.05, 0) is 130 Å². The lowest BCUT2D eigenvalue weighted by Gasteiger charge is -2.52. The van der Waals surface area contributed by atoms with Gasteiger partial charge in [0.1, 0.15) is 67.1 Å². The maximum atomic E-state index is 15.7. The number of benzene rings is 8.